The quantitative estimate of drug-likeness (QED) is 0.115. The average molecular weight is 596 g/mol. The van der Waals surface area contributed by atoms with E-state index < -0.39 is 0 Å². The van der Waals surface area contributed by atoms with Gasteiger partial charge in [-0.05, 0) is 0 Å². The van der Waals surface area contributed by atoms with Gasteiger partial charge in [-0.1, -0.05) is 0 Å². The van der Waals surface area contributed by atoms with Gasteiger partial charge < -0.3 is 0 Å². The zero-order valence-corrected chi connectivity index (χ0v) is 27.9. The van der Waals surface area contributed by atoms with Gasteiger partial charge in [-0.15, -0.1) is 0 Å². The van der Waals surface area contributed by atoms with Crippen molar-refractivity contribution in [2.75, 3.05) is 0 Å². The fourth-order valence-corrected chi connectivity index (χ4v) is 8.09. The minimum atomic E-state index is 0.00219. The van der Waals surface area contributed by atoms with Crippen LogP contribution in [0.15, 0.2) is 77.3 Å². The summed E-state index contributed by atoms with van der Waals surface area (Å²) in [5, 5.41) is 1.26. The van der Waals surface area contributed by atoms with Gasteiger partial charge >= 0.3 is 257 Å². The Hall–Kier alpha value is -2.44. The summed E-state index contributed by atoms with van der Waals surface area (Å²) in [5.41, 5.74) is 12.2. The Balaban J connectivity index is 2.14. The van der Waals surface area contributed by atoms with Crippen LogP contribution in [0.3, 0.4) is 0 Å². The number of unbranched alkanes of at least 4 members (excludes halogenated alkanes) is 3. The number of allylic oxidation sites excluding steroid dienone is 1. The third kappa shape index (κ3) is 9.28. The van der Waals surface area contributed by atoms with E-state index in [9.17, 15) is 0 Å². The zero-order valence-electron chi connectivity index (χ0n) is 26.9. The molecule has 0 aliphatic heterocycles. The van der Waals surface area contributed by atoms with Gasteiger partial charge in [-0.3, -0.25) is 0 Å². The molecule has 0 aliphatic rings. The Bertz CT molecular complexity index is 1280. The molecule has 3 rings (SSSR count). The standard InChI is InChI=1S/C34H42N.C4H9.CH3.Ni/c1-6-10-15-31-21-22-33(25-34(31)30-17-13-12-14-18-30)35-26(5)29(9-4)23-27-19-20-28(8-3)32(24-27)16-11-7-2;1-3-4-2;;/h12-14,17-22,24-25H,6-11,15-16H2,1-5H3;1,3-4H2,2H3;1H3;. The van der Waals surface area contributed by atoms with Crippen LogP contribution < -0.4 is 0 Å². The van der Waals surface area contributed by atoms with E-state index in [-0.39, 0.29) is 13.4 Å². The van der Waals surface area contributed by atoms with Crippen molar-refractivity contribution >= 4 is 15.9 Å². The summed E-state index contributed by atoms with van der Waals surface area (Å²) in [6.07, 6.45) is 11.8. The minimum absolute atomic E-state index is 0.00219. The number of hydrogen-bond acceptors (Lipinski definition) is 1. The van der Waals surface area contributed by atoms with Crippen LogP contribution in [0, 0.1) is 0 Å². The monoisotopic (exact) mass is 594 g/mol. The summed E-state index contributed by atoms with van der Waals surface area (Å²) < 4.78 is 1.55. The van der Waals surface area contributed by atoms with Crippen molar-refractivity contribution < 1.29 is 13.4 Å². The summed E-state index contributed by atoms with van der Waals surface area (Å²) in [6.45, 7) is 13.7. The van der Waals surface area contributed by atoms with Crippen molar-refractivity contribution in [3.8, 4) is 11.1 Å². The Kier molecular flexibility index (Phi) is 14.1. The molecular weight excluding hydrogens is 541 g/mol. The molecule has 0 amide bonds. The molecule has 0 N–H and O–H groups in total. The van der Waals surface area contributed by atoms with Crippen LogP contribution >= 0.6 is 0 Å². The number of hydrogen-bond donors (Lipinski definition) is 0. The van der Waals surface area contributed by atoms with E-state index in [1.165, 1.54) is 83.7 Å². The van der Waals surface area contributed by atoms with E-state index >= 15 is 0 Å². The first-order valence-electron chi connectivity index (χ1n) is 16.0. The van der Waals surface area contributed by atoms with Crippen molar-refractivity contribution in [1.82, 2.24) is 0 Å². The number of aliphatic imine (C=N–C) groups is 1. The van der Waals surface area contributed by atoms with Gasteiger partial charge in [0.1, 0.15) is 0 Å². The molecule has 0 atom stereocenters. The van der Waals surface area contributed by atoms with Crippen LogP contribution in [0.25, 0.3) is 15.7 Å². The van der Waals surface area contributed by atoms with Crippen LogP contribution in [-0.2, 0) is 32.7 Å². The third-order valence-corrected chi connectivity index (χ3v) is 10.4. The van der Waals surface area contributed by atoms with Crippen LogP contribution in [0.5, 0.6) is 0 Å². The van der Waals surface area contributed by atoms with E-state index in [0.29, 0.717) is 0 Å². The molecule has 0 radical (unpaired) electrons. The number of benzene rings is 3. The molecule has 0 aliphatic carbocycles. The van der Waals surface area contributed by atoms with Crippen molar-refractivity contribution in [3.63, 3.8) is 0 Å². The number of rotatable bonds is 16. The molecule has 0 spiro atoms. The molecule has 3 aromatic rings. The molecular formula is C39H54NNi. The summed E-state index contributed by atoms with van der Waals surface area (Å²) in [5.74, 6) is 2.48. The summed E-state index contributed by atoms with van der Waals surface area (Å²) in [6, 6.07) is 25.0. The van der Waals surface area contributed by atoms with Crippen molar-refractivity contribution in [2.45, 2.75) is 117 Å². The first-order valence-corrected chi connectivity index (χ1v) is 18.2. The topological polar surface area (TPSA) is 12.4 Å². The van der Waals surface area contributed by atoms with E-state index in [0.717, 1.165) is 30.7 Å². The van der Waals surface area contributed by atoms with Crippen molar-refractivity contribution in [1.29, 1.82) is 0 Å². The predicted octanol–water partition coefficient (Wildman–Crippen LogP) is 12.4. The number of aryl methyl sites for hydroxylation is 3. The molecule has 2 heteroatoms. The maximum absolute atomic E-state index is 5.32. The molecule has 0 heterocycles. The van der Waals surface area contributed by atoms with Gasteiger partial charge in [-0.2, -0.15) is 0 Å². The zero-order chi connectivity index (χ0) is 29.6. The Morgan fingerprint density at radius 1 is 0.707 bits per heavy atom. The molecule has 0 aromatic heterocycles. The molecule has 0 unspecified atom stereocenters. The van der Waals surface area contributed by atoms with Gasteiger partial charge in [0.2, 0.25) is 0 Å². The van der Waals surface area contributed by atoms with Gasteiger partial charge in [0.15, 0.2) is 0 Å². The third-order valence-electron chi connectivity index (χ3n) is 7.91. The summed E-state index contributed by atoms with van der Waals surface area (Å²) in [4.78, 5) is 5.32. The van der Waals surface area contributed by atoms with Crippen LogP contribution in [-0.4, -0.2) is 5.71 Å². The van der Waals surface area contributed by atoms with E-state index in [1.54, 1.807) is 10.1 Å². The molecule has 41 heavy (non-hydrogen) atoms. The Morgan fingerprint density at radius 2 is 1.37 bits per heavy atom. The fraction of sp³-hybridized carbons (Fsp3) is 0.462. The Labute approximate surface area is 256 Å². The van der Waals surface area contributed by atoms with Gasteiger partial charge in [0.25, 0.3) is 0 Å². The number of nitrogens with zero attached hydrogens (tertiary/aromatic N) is 1. The molecule has 0 bridgehead atoms. The summed E-state index contributed by atoms with van der Waals surface area (Å²) in [7, 11) is 0. The second-order valence-electron chi connectivity index (χ2n) is 11.1. The average Bonchev–Trinajstić information content (AvgIpc) is 3.00. The summed E-state index contributed by atoms with van der Waals surface area (Å²) >= 11 is 0.00219. The van der Waals surface area contributed by atoms with Crippen LogP contribution in [0.1, 0.15) is 109 Å². The van der Waals surface area contributed by atoms with Crippen LogP contribution in [0.2, 0.25) is 11.3 Å². The second-order valence-corrected chi connectivity index (χ2v) is 13.6. The van der Waals surface area contributed by atoms with Gasteiger partial charge in [0, 0.05) is 0 Å². The predicted molar refractivity (Wildman–Crippen MR) is 180 cm³/mol. The molecule has 0 saturated heterocycles. The van der Waals surface area contributed by atoms with Crippen LogP contribution in [0.4, 0.5) is 5.69 Å². The Morgan fingerprint density at radius 3 is 2.00 bits per heavy atom. The second kappa shape index (κ2) is 17.5. The van der Waals surface area contributed by atoms with E-state index in [2.05, 4.69) is 114 Å². The maximum atomic E-state index is 5.32. The van der Waals surface area contributed by atoms with E-state index in [1.807, 2.05) is 0 Å². The molecule has 0 saturated carbocycles. The fourth-order valence-electron chi connectivity index (χ4n) is 5.46. The molecule has 3 aromatic carbocycles. The van der Waals surface area contributed by atoms with E-state index in [4.69, 9.17) is 4.99 Å². The first kappa shape index (κ1) is 33.1. The SMILES string of the molecule is CCCCc1cc([C](=C(CC)C(C)=Nc2ccc(CCCC)c(-c3ccccc3)c2)[Ni]([CH3])[CH2]CCC)ccc1CC. The molecule has 225 valence electrons. The van der Waals surface area contributed by atoms with Crippen molar-refractivity contribution in [2.24, 2.45) is 4.99 Å². The van der Waals surface area contributed by atoms with Gasteiger partial charge in [-0.25, -0.2) is 0 Å². The molecule has 1 nitrogen and oxygen atoms in total. The first-order chi connectivity index (χ1) is 20.0. The normalized spacial score (nSPS) is 12.9. The van der Waals surface area contributed by atoms with Gasteiger partial charge in [0.05, 0.1) is 0 Å². The van der Waals surface area contributed by atoms with Crippen molar-refractivity contribution in [3.05, 3.63) is 94.6 Å². The molecule has 0 fully saturated rings.